The first-order chi connectivity index (χ1) is 14.5. The first kappa shape index (κ1) is 22.4. The van der Waals surface area contributed by atoms with Crippen LogP contribution in [0.2, 0.25) is 0 Å². The Hall–Kier alpha value is -3.25. The van der Waals surface area contributed by atoms with Crippen LogP contribution in [0.4, 0.5) is 18.9 Å². The molecule has 0 spiro atoms. The number of hydrogen-bond acceptors (Lipinski definition) is 5. The number of carbonyl (C=O) groups is 1. The van der Waals surface area contributed by atoms with E-state index in [0.717, 1.165) is 23.4 Å². The summed E-state index contributed by atoms with van der Waals surface area (Å²) in [4.78, 5) is 12.2. The molecule has 3 aromatic rings. The van der Waals surface area contributed by atoms with E-state index in [0.29, 0.717) is 5.69 Å². The Kier molecular flexibility index (Phi) is 6.13. The minimum Gasteiger partial charge on any atom is -0.321 e. The van der Waals surface area contributed by atoms with E-state index in [4.69, 9.17) is 0 Å². The van der Waals surface area contributed by atoms with Gasteiger partial charge >= 0.3 is 6.18 Å². The number of anilines is 1. The topological polar surface area (TPSA) is 106 Å². The van der Waals surface area contributed by atoms with Crippen LogP contribution in [0.15, 0.2) is 53.4 Å². The molecule has 2 aromatic carbocycles. The van der Waals surface area contributed by atoms with Gasteiger partial charge in [0.2, 0.25) is 10.0 Å². The molecule has 2 N–H and O–H groups in total. The molecule has 31 heavy (non-hydrogen) atoms. The predicted molar refractivity (Wildman–Crippen MR) is 106 cm³/mol. The van der Waals surface area contributed by atoms with Crippen molar-refractivity contribution in [3.8, 4) is 5.69 Å². The number of alkyl halides is 3. The summed E-state index contributed by atoms with van der Waals surface area (Å²) in [5, 5.41) is 10.5. The quantitative estimate of drug-likeness (QED) is 0.597. The van der Waals surface area contributed by atoms with Crippen molar-refractivity contribution < 1.29 is 26.4 Å². The maximum Gasteiger partial charge on any atom is 0.402 e. The summed E-state index contributed by atoms with van der Waals surface area (Å²) in [6, 6.07) is 12.2. The fraction of sp³-hybridized carbons (Fsp3) is 0.211. The number of aromatic nitrogens is 3. The summed E-state index contributed by atoms with van der Waals surface area (Å²) >= 11 is 0. The monoisotopic (exact) mass is 453 g/mol. The molecule has 1 amide bonds. The van der Waals surface area contributed by atoms with Gasteiger partial charge < -0.3 is 5.32 Å². The number of hydrogen-bond donors (Lipinski definition) is 2. The van der Waals surface area contributed by atoms with Gasteiger partial charge in [0.05, 0.1) is 16.3 Å². The highest BCUT2D eigenvalue weighted by molar-refractivity contribution is 7.89. The molecule has 1 aromatic heterocycles. The van der Waals surface area contributed by atoms with Crippen molar-refractivity contribution in [3.63, 3.8) is 0 Å². The molecule has 0 unspecified atom stereocenters. The number of rotatable bonds is 6. The molecule has 164 valence electrons. The number of nitrogens with zero attached hydrogens (tertiary/aromatic N) is 3. The number of sulfonamides is 1. The third-order valence-corrected chi connectivity index (χ3v) is 5.66. The molecule has 3 rings (SSSR count). The first-order valence-corrected chi connectivity index (χ1v) is 10.4. The van der Waals surface area contributed by atoms with Gasteiger partial charge in [-0.05, 0) is 55.8 Å². The highest BCUT2D eigenvalue weighted by atomic mass is 32.2. The molecule has 0 aliphatic rings. The van der Waals surface area contributed by atoms with Gasteiger partial charge in [-0.1, -0.05) is 17.3 Å². The molecular weight excluding hydrogens is 435 g/mol. The zero-order chi connectivity index (χ0) is 22.8. The molecule has 0 radical (unpaired) electrons. The minimum absolute atomic E-state index is 0.0741. The number of amides is 1. The summed E-state index contributed by atoms with van der Waals surface area (Å²) in [7, 11) is -4.34. The van der Waals surface area contributed by atoms with E-state index in [1.807, 2.05) is 31.2 Å². The van der Waals surface area contributed by atoms with Gasteiger partial charge in [0.25, 0.3) is 5.91 Å². The van der Waals surface area contributed by atoms with Crippen molar-refractivity contribution in [2.24, 2.45) is 0 Å². The number of aryl methyl sites for hydroxylation is 1. The Morgan fingerprint density at radius 3 is 2.39 bits per heavy atom. The predicted octanol–water partition coefficient (Wildman–Crippen LogP) is 2.98. The average Bonchev–Trinajstić information content (AvgIpc) is 3.08. The summed E-state index contributed by atoms with van der Waals surface area (Å²) in [5.41, 5.74) is 2.57. The highest BCUT2D eigenvalue weighted by Crippen LogP contribution is 2.19. The van der Waals surface area contributed by atoms with Crippen LogP contribution in [0.1, 0.15) is 21.7 Å². The van der Waals surface area contributed by atoms with Gasteiger partial charge in [-0.25, -0.2) is 17.8 Å². The van der Waals surface area contributed by atoms with Crippen LogP contribution in [0.25, 0.3) is 5.69 Å². The number of halogens is 3. The zero-order valence-corrected chi connectivity index (χ0v) is 17.3. The second kappa shape index (κ2) is 8.47. The Bertz CT molecular complexity index is 1210. The molecule has 0 bridgehead atoms. The van der Waals surface area contributed by atoms with E-state index in [1.54, 1.807) is 6.92 Å². The van der Waals surface area contributed by atoms with E-state index in [9.17, 15) is 26.4 Å². The van der Waals surface area contributed by atoms with Crippen molar-refractivity contribution in [3.05, 3.63) is 65.5 Å². The van der Waals surface area contributed by atoms with Gasteiger partial charge in [-0.3, -0.25) is 4.79 Å². The first-order valence-electron chi connectivity index (χ1n) is 8.93. The fourth-order valence-electron chi connectivity index (χ4n) is 2.71. The minimum atomic E-state index is -4.67. The molecule has 0 aliphatic heterocycles. The number of benzene rings is 2. The van der Waals surface area contributed by atoms with Crippen molar-refractivity contribution in [2.75, 3.05) is 11.9 Å². The maximum absolute atomic E-state index is 12.6. The smallest absolute Gasteiger partial charge is 0.321 e. The van der Waals surface area contributed by atoms with Crippen molar-refractivity contribution in [2.45, 2.75) is 24.9 Å². The highest BCUT2D eigenvalue weighted by Gasteiger charge is 2.30. The van der Waals surface area contributed by atoms with Crippen molar-refractivity contribution in [1.29, 1.82) is 0 Å². The van der Waals surface area contributed by atoms with Gasteiger partial charge in [0, 0.05) is 5.69 Å². The summed E-state index contributed by atoms with van der Waals surface area (Å²) in [5.74, 6) is -0.567. The molecule has 8 nitrogen and oxygen atoms in total. The van der Waals surface area contributed by atoms with Gasteiger partial charge in [-0.2, -0.15) is 13.2 Å². The van der Waals surface area contributed by atoms with E-state index in [2.05, 4.69) is 15.6 Å². The number of nitrogens with one attached hydrogen (secondary N) is 2. The van der Waals surface area contributed by atoms with Crippen molar-refractivity contribution in [1.82, 2.24) is 19.7 Å². The Balaban J connectivity index is 1.73. The molecular formula is C19H18F3N5O3S. The van der Waals surface area contributed by atoms with Crippen molar-refractivity contribution >= 4 is 21.6 Å². The van der Waals surface area contributed by atoms with Crippen LogP contribution < -0.4 is 10.0 Å². The Morgan fingerprint density at radius 1 is 1.10 bits per heavy atom. The summed E-state index contributed by atoms with van der Waals surface area (Å²) in [6.07, 6.45) is -4.67. The second-order valence-electron chi connectivity index (χ2n) is 6.69. The lowest BCUT2D eigenvalue weighted by Gasteiger charge is -2.10. The molecule has 0 saturated carbocycles. The lowest BCUT2D eigenvalue weighted by atomic mass is 10.2. The second-order valence-corrected chi connectivity index (χ2v) is 8.46. The van der Waals surface area contributed by atoms with Crippen LogP contribution in [0, 0.1) is 13.8 Å². The van der Waals surface area contributed by atoms with Gasteiger partial charge in [0.15, 0.2) is 5.69 Å². The van der Waals surface area contributed by atoms with Crippen LogP contribution in [-0.4, -0.2) is 42.0 Å². The Labute approximate surface area is 176 Å². The van der Waals surface area contributed by atoms with E-state index >= 15 is 0 Å². The summed E-state index contributed by atoms with van der Waals surface area (Å²) in [6.45, 7) is 1.93. The Morgan fingerprint density at radius 2 is 1.77 bits per heavy atom. The maximum atomic E-state index is 12.6. The molecule has 1 heterocycles. The lowest BCUT2D eigenvalue weighted by Crippen LogP contribution is -2.33. The molecule has 0 atom stereocenters. The van der Waals surface area contributed by atoms with E-state index in [1.165, 1.54) is 21.5 Å². The number of carbonyl (C=O) groups excluding carboxylic acids is 1. The van der Waals surface area contributed by atoms with Crippen LogP contribution in [0.3, 0.4) is 0 Å². The fourth-order valence-corrected chi connectivity index (χ4v) is 3.73. The normalized spacial score (nSPS) is 12.0. The lowest BCUT2D eigenvalue weighted by molar-refractivity contribution is -0.121. The SMILES string of the molecule is Cc1cccc(-n2nnc(C(=O)Nc3ccc(S(=O)(=O)NCC(F)(F)F)cc3)c2C)c1. The van der Waals surface area contributed by atoms with Gasteiger partial charge in [0.1, 0.15) is 6.54 Å². The van der Waals surface area contributed by atoms with Gasteiger partial charge in [-0.15, -0.1) is 5.10 Å². The third kappa shape index (κ3) is 5.47. The average molecular weight is 453 g/mol. The van der Waals surface area contributed by atoms with Crippen LogP contribution >= 0.6 is 0 Å². The zero-order valence-electron chi connectivity index (χ0n) is 16.4. The largest absolute Gasteiger partial charge is 0.402 e. The van der Waals surface area contributed by atoms with Crippen LogP contribution in [-0.2, 0) is 10.0 Å². The molecule has 0 fully saturated rings. The third-order valence-electron chi connectivity index (χ3n) is 4.24. The summed E-state index contributed by atoms with van der Waals surface area (Å²) < 4.78 is 63.6. The molecule has 0 saturated heterocycles. The van der Waals surface area contributed by atoms with Crippen LogP contribution in [0.5, 0.6) is 0 Å². The van der Waals surface area contributed by atoms with E-state index in [-0.39, 0.29) is 16.3 Å². The standard InChI is InChI=1S/C19H18F3N5O3S/c1-12-4-3-5-15(10-12)27-13(2)17(25-26-27)18(28)24-14-6-8-16(9-7-14)31(29,30)23-11-19(20,21)22/h3-10,23H,11H2,1-2H3,(H,24,28). The molecule has 12 heteroatoms. The van der Waals surface area contributed by atoms with E-state index < -0.39 is 28.7 Å². The molecule has 0 aliphatic carbocycles.